The minimum atomic E-state index is 0.565. The first-order valence-corrected chi connectivity index (χ1v) is 19.2. The second-order valence-corrected chi connectivity index (χ2v) is 14.5. The molecule has 0 aliphatic heterocycles. The van der Waals surface area contributed by atoms with Crippen LogP contribution in [0.25, 0.3) is 117 Å². The molecule has 12 rings (SSSR count). The number of fused-ring (bicyclic) bond motifs is 6. The van der Waals surface area contributed by atoms with Crippen molar-refractivity contribution in [2.24, 2.45) is 0 Å². The molecule has 0 radical (unpaired) electrons. The lowest BCUT2D eigenvalue weighted by Crippen LogP contribution is -1.94. The van der Waals surface area contributed by atoms with Gasteiger partial charge in [-0.3, -0.25) is 0 Å². The second kappa shape index (κ2) is 12.8. The summed E-state index contributed by atoms with van der Waals surface area (Å²) in [6.07, 6.45) is 0. The highest BCUT2D eigenvalue weighted by Crippen LogP contribution is 2.39. The van der Waals surface area contributed by atoms with E-state index in [4.69, 9.17) is 28.2 Å². The third kappa shape index (κ3) is 5.33. The van der Waals surface area contributed by atoms with Crippen LogP contribution in [0.1, 0.15) is 0 Å². The molecule has 12 aromatic rings. The van der Waals surface area contributed by atoms with Crippen LogP contribution in [0.2, 0.25) is 0 Å². The molecule has 8 aromatic carbocycles. The molecule has 7 heteroatoms. The van der Waals surface area contributed by atoms with Gasteiger partial charge in [0.05, 0.1) is 11.0 Å². The highest BCUT2D eigenvalue weighted by Gasteiger charge is 2.19. The fourth-order valence-electron chi connectivity index (χ4n) is 8.03. The Morgan fingerprint density at radius 2 is 0.741 bits per heavy atom. The summed E-state index contributed by atoms with van der Waals surface area (Å²) >= 11 is 0. The van der Waals surface area contributed by atoms with Crippen LogP contribution in [-0.4, -0.2) is 19.5 Å². The average molecular weight is 747 g/mol. The molecule has 0 unspecified atom stereocenters. The van der Waals surface area contributed by atoms with Gasteiger partial charge in [0.25, 0.3) is 0 Å². The lowest BCUT2D eigenvalue weighted by atomic mass is 10.1. The van der Waals surface area contributed by atoms with E-state index in [0.29, 0.717) is 17.7 Å². The Morgan fingerprint density at radius 3 is 1.28 bits per heavy atom. The predicted octanol–water partition coefficient (Wildman–Crippen LogP) is 13.5. The second-order valence-electron chi connectivity index (χ2n) is 14.5. The van der Waals surface area contributed by atoms with Crippen LogP contribution in [0.4, 0.5) is 0 Å². The number of nitrogens with zero attached hydrogens (tertiary/aromatic N) is 4. The predicted molar refractivity (Wildman–Crippen MR) is 231 cm³/mol. The molecular formula is C51H30N4O3. The Hall–Kier alpha value is -8.03. The summed E-state index contributed by atoms with van der Waals surface area (Å²) in [6, 6.07) is 61.9. The van der Waals surface area contributed by atoms with Gasteiger partial charge >= 0.3 is 0 Å². The van der Waals surface area contributed by atoms with Crippen molar-refractivity contribution >= 4 is 55.1 Å². The molecule has 4 heterocycles. The average Bonchev–Trinajstić information content (AvgIpc) is 4.09. The SMILES string of the molecule is c1ccc(-c2ccc3nc(-c4ccc5c(c4)c4cc(-c6nc7ccc(-c8ccccc8)cc7o6)ccc4n5-c4ccc(-c5nc6ccccc6o5)cc4)oc3c2)cc1. The largest absolute Gasteiger partial charge is 0.436 e. The highest BCUT2D eigenvalue weighted by molar-refractivity contribution is 6.11. The van der Waals surface area contributed by atoms with Crippen molar-refractivity contribution in [3.05, 3.63) is 182 Å². The summed E-state index contributed by atoms with van der Waals surface area (Å²) in [7, 11) is 0. The van der Waals surface area contributed by atoms with Crippen LogP contribution in [0.3, 0.4) is 0 Å². The molecule has 0 N–H and O–H groups in total. The Labute approximate surface area is 331 Å². The molecule has 0 atom stereocenters. The van der Waals surface area contributed by atoms with Crippen molar-refractivity contribution < 1.29 is 13.3 Å². The van der Waals surface area contributed by atoms with Crippen LogP contribution in [0, 0.1) is 0 Å². The van der Waals surface area contributed by atoms with Crippen LogP contribution >= 0.6 is 0 Å². The van der Waals surface area contributed by atoms with Crippen molar-refractivity contribution in [1.82, 2.24) is 19.5 Å². The van der Waals surface area contributed by atoms with Gasteiger partial charge < -0.3 is 17.8 Å². The van der Waals surface area contributed by atoms with Gasteiger partial charge in [0.1, 0.15) is 16.6 Å². The molecular weight excluding hydrogens is 717 g/mol. The number of oxazole rings is 3. The Balaban J connectivity index is 0.994. The third-order valence-corrected chi connectivity index (χ3v) is 10.9. The van der Waals surface area contributed by atoms with Gasteiger partial charge in [-0.2, -0.15) is 0 Å². The summed E-state index contributed by atoms with van der Waals surface area (Å²) in [5.41, 5.74) is 14.9. The highest BCUT2D eigenvalue weighted by atomic mass is 16.4. The van der Waals surface area contributed by atoms with E-state index in [0.717, 1.165) is 99.7 Å². The zero-order chi connectivity index (χ0) is 38.2. The number of hydrogen-bond acceptors (Lipinski definition) is 6. The summed E-state index contributed by atoms with van der Waals surface area (Å²) in [5, 5.41) is 2.10. The van der Waals surface area contributed by atoms with E-state index in [1.807, 2.05) is 72.8 Å². The normalized spacial score (nSPS) is 11.8. The van der Waals surface area contributed by atoms with Crippen molar-refractivity contribution in [3.63, 3.8) is 0 Å². The van der Waals surface area contributed by atoms with Crippen molar-refractivity contribution in [3.8, 4) is 62.3 Å². The molecule has 0 aliphatic rings. The number of hydrogen-bond donors (Lipinski definition) is 0. The smallest absolute Gasteiger partial charge is 0.227 e. The molecule has 0 saturated carbocycles. The summed E-state index contributed by atoms with van der Waals surface area (Å²) in [6.45, 7) is 0. The van der Waals surface area contributed by atoms with Crippen LogP contribution in [0.5, 0.6) is 0 Å². The van der Waals surface area contributed by atoms with Crippen molar-refractivity contribution in [2.75, 3.05) is 0 Å². The fourth-order valence-corrected chi connectivity index (χ4v) is 8.03. The van der Waals surface area contributed by atoms with Gasteiger partial charge in [-0.1, -0.05) is 84.9 Å². The monoisotopic (exact) mass is 746 g/mol. The molecule has 272 valence electrons. The number of para-hydroxylation sites is 2. The van der Waals surface area contributed by atoms with Gasteiger partial charge in [0, 0.05) is 33.2 Å². The molecule has 4 aromatic heterocycles. The Bertz CT molecular complexity index is 3300. The van der Waals surface area contributed by atoms with Crippen LogP contribution in [0.15, 0.2) is 195 Å². The fraction of sp³-hybridized carbons (Fsp3) is 0. The summed E-state index contributed by atoms with van der Waals surface area (Å²) in [5.74, 6) is 1.72. The topological polar surface area (TPSA) is 83.0 Å². The van der Waals surface area contributed by atoms with Crippen molar-refractivity contribution in [2.45, 2.75) is 0 Å². The molecule has 0 aliphatic carbocycles. The van der Waals surface area contributed by atoms with Gasteiger partial charge in [-0.05, 0) is 119 Å². The van der Waals surface area contributed by atoms with E-state index < -0.39 is 0 Å². The van der Waals surface area contributed by atoms with Gasteiger partial charge in [0.15, 0.2) is 16.7 Å². The molecule has 0 fully saturated rings. The maximum atomic E-state index is 6.46. The van der Waals surface area contributed by atoms with Crippen LogP contribution < -0.4 is 0 Å². The van der Waals surface area contributed by atoms with Crippen LogP contribution in [-0.2, 0) is 0 Å². The van der Waals surface area contributed by atoms with Gasteiger partial charge in [0.2, 0.25) is 17.7 Å². The van der Waals surface area contributed by atoms with Crippen molar-refractivity contribution in [1.29, 1.82) is 0 Å². The zero-order valence-electron chi connectivity index (χ0n) is 30.8. The minimum Gasteiger partial charge on any atom is -0.436 e. The summed E-state index contributed by atoms with van der Waals surface area (Å²) in [4.78, 5) is 14.6. The lowest BCUT2D eigenvalue weighted by Gasteiger charge is -2.09. The number of benzene rings is 8. The van der Waals surface area contributed by atoms with E-state index >= 15 is 0 Å². The molecule has 0 bridgehead atoms. The molecule has 0 amide bonds. The maximum Gasteiger partial charge on any atom is 0.227 e. The maximum absolute atomic E-state index is 6.46. The first-order chi connectivity index (χ1) is 28.7. The minimum absolute atomic E-state index is 0.565. The third-order valence-electron chi connectivity index (χ3n) is 10.9. The number of aromatic nitrogens is 4. The lowest BCUT2D eigenvalue weighted by molar-refractivity contribution is 0.619. The van der Waals surface area contributed by atoms with E-state index in [1.165, 1.54) is 0 Å². The van der Waals surface area contributed by atoms with Gasteiger partial charge in [-0.25, -0.2) is 15.0 Å². The van der Waals surface area contributed by atoms with E-state index in [-0.39, 0.29) is 0 Å². The standard InChI is InChI=1S/C51H30N4O3/c1-3-9-31(10-4-1)34-17-23-42-47(29-34)57-50(53-42)36-19-25-44-39(27-36)40-28-37(51-54-43-24-18-35(30-48(43)58-51)32-11-5-2-6-12-32)20-26-45(40)55(44)38-21-15-33(16-22-38)49-52-41-13-7-8-14-46(41)56-49/h1-30H. The quantitative estimate of drug-likeness (QED) is 0.168. The van der Waals surface area contributed by atoms with Gasteiger partial charge in [-0.15, -0.1) is 0 Å². The molecule has 58 heavy (non-hydrogen) atoms. The Morgan fingerprint density at radius 1 is 0.310 bits per heavy atom. The zero-order valence-corrected chi connectivity index (χ0v) is 30.8. The first kappa shape index (κ1) is 32.2. The molecule has 7 nitrogen and oxygen atoms in total. The van der Waals surface area contributed by atoms with E-state index in [1.54, 1.807) is 0 Å². The first-order valence-electron chi connectivity index (χ1n) is 19.2. The number of rotatable bonds is 6. The summed E-state index contributed by atoms with van der Waals surface area (Å²) < 4.78 is 21.3. The van der Waals surface area contributed by atoms with E-state index in [9.17, 15) is 0 Å². The van der Waals surface area contributed by atoms with E-state index in [2.05, 4.69) is 114 Å². The molecule has 0 spiro atoms. The molecule has 0 saturated heterocycles. The Kier molecular flexibility index (Phi) is 7.09.